The van der Waals surface area contributed by atoms with Crippen LogP contribution in [-0.4, -0.2) is 50.5 Å². The van der Waals surface area contributed by atoms with Crippen LogP contribution in [-0.2, 0) is 32.6 Å². The molecule has 7 nitrogen and oxygen atoms in total. The zero-order valence-electron chi connectivity index (χ0n) is 23.5. The first-order valence-electron chi connectivity index (χ1n) is 13.6. The molecule has 0 heterocycles. The topological polar surface area (TPSA) is 86.8 Å². The molecule has 0 radical (unpaired) electrons. The first kappa shape index (κ1) is 31.3. The summed E-state index contributed by atoms with van der Waals surface area (Å²) in [6.45, 7) is 1.83. The SMILES string of the molecule is CCCNC(=O)[C@H](Cc1ccccc1)N(Cc1ccc(Cl)cc1Cl)C(=O)CN(c1cccc2ccccc12)S(C)(=O)=O. The molecule has 220 valence electrons. The molecule has 0 saturated carbocycles. The molecule has 4 aromatic rings. The van der Waals surface area contributed by atoms with Crippen LogP contribution in [0.15, 0.2) is 91.0 Å². The largest absolute Gasteiger partial charge is 0.354 e. The van der Waals surface area contributed by atoms with Gasteiger partial charge in [-0.25, -0.2) is 8.42 Å². The summed E-state index contributed by atoms with van der Waals surface area (Å²) in [6.07, 6.45) is 2.00. The predicted octanol–water partition coefficient (Wildman–Crippen LogP) is 6.08. The highest BCUT2D eigenvalue weighted by atomic mass is 35.5. The number of amides is 2. The van der Waals surface area contributed by atoms with Gasteiger partial charge in [0.1, 0.15) is 12.6 Å². The molecule has 0 saturated heterocycles. The third kappa shape index (κ3) is 7.82. The molecule has 10 heteroatoms. The highest BCUT2D eigenvalue weighted by Gasteiger charge is 2.33. The van der Waals surface area contributed by atoms with Gasteiger partial charge in [0.25, 0.3) is 0 Å². The van der Waals surface area contributed by atoms with Crippen molar-refractivity contribution in [1.82, 2.24) is 10.2 Å². The van der Waals surface area contributed by atoms with E-state index in [1.54, 1.807) is 30.3 Å². The first-order valence-corrected chi connectivity index (χ1v) is 16.2. The van der Waals surface area contributed by atoms with E-state index in [1.807, 2.05) is 67.6 Å². The number of fused-ring (bicyclic) bond motifs is 1. The lowest BCUT2D eigenvalue weighted by molar-refractivity contribution is -0.140. The Kier molecular flexibility index (Phi) is 10.5. The maximum Gasteiger partial charge on any atom is 0.244 e. The van der Waals surface area contributed by atoms with Gasteiger partial charge in [-0.05, 0) is 41.1 Å². The van der Waals surface area contributed by atoms with Crippen molar-refractivity contribution in [2.24, 2.45) is 0 Å². The van der Waals surface area contributed by atoms with E-state index < -0.39 is 28.5 Å². The van der Waals surface area contributed by atoms with Gasteiger partial charge in [0.2, 0.25) is 21.8 Å². The van der Waals surface area contributed by atoms with E-state index in [0.717, 1.165) is 21.5 Å². The van der Waals surface area contributed by atoms with Crippen molar-refractivity contribution >= 4 is 61.5 Å². The number of benzene rings is 4. The summed E-state index contributed by atoms with van der Waals surface area (Å²) in [5, 5.41) is 5.21. The minimum absolute atomic E-state index is 0.0287. The van der Waals surface area contributed by atoms with Crippen LogP contribution in [0, 0.1) is 0 Å². The number of rotatable bonds is 12. The smallest absolute Gasteiger partial charge is 0.244 e. The number of halogens is 2. The van der Waals surface area contributed by atoms with Crippen molar-refractivity contribution in [1.29, 1.82) is 0 Å². The molecule has 4 aromatic carbocycles. The van der Waals surface area contributed by atoms with Gasteiger partial charge in [0.15, 0.2) is 0 Å². The van der Waals surface area contributed by atoms with Crippen LogP contribution in [0.5, 0.6) is 0 Å². The van der Waals surface area contributed by atoms with Crippen LogP contribution in [0.2, 0.25) is 10.0 Å². The fourth-order valence-corrected chi connectivity index (χ4v) is 6.10. The number of nitrogens with one attached hydrogen (secondary N) is 1. The van der Waals surface area contributed by atoms with Crippen molar-refractivity contribution < 1.29 is 18.0 Å². The second kappa shape index (κ2) is 14.1. The Labute approximate surface area is 257 Å². The molecule has 1 atom stereocenters. The quantitative estimate of drug-likeness (QED) is 0.207. The van der Waals surface area contributed by atoms with E-state index >= 15 is 0 Å². The fraction of sp³-hybridized carbons (Fsp3) is 0.250. The summed E-state index contributed by atoms with van der Waals surface area (Å²) in [5.41, 5.74) is 1.80. The molecular weight excluding hydrogens is 593 g/mol. The highest BCUT2D eigenvalue weighted by molar-refractivity contribution is 7.92. The summed E-state index contributed by atoms with van der Waals surface area (Å²) >= 11 is 12.6. The summed E-state index contributed by atoms with van der Waals surface area (Å²) in [5.74, 6) is -0.887. The van der Waals surface area contributed by atoms with Crippen molar-refractivity contribution in [3.63, 3.8) is 0 Å². The van der Waals surface area contributed by atoms with Crippen molar-refractivity contribution in [2.45, 2.75) is 32.4 Å². The molecule has 0 aliphatic carbocycles. The molecule has 0 aromatic heterocycles. The molecular formula is C32H33Cl2N3O4S. The van der Waals surface area contributed by atoms with Crippen LogP contribution in [0.1, 0.15) is 24.5 Å². The average Bonchev–Trinajstić information content (AvgIpc) is 2.97. The van der Waals surface area contributed by atoms with Gasteiger partial charge in [-0.2, -0.15) is 0 Å². The Hall–Kier alpha value is -3.59. The van der Waals surface area contributed by atoms with E-state index in [1.165, 1.54) is 4.90 Å². The van der Waals surface area contributed by atoms with E-state index in [9.17, 15) is 18.0 Å². The lowest BCUT2D eigenvalue weighted by Gasteiger charge is -2.34. The standard InChI is InChI=1S/C32H33Cl2N3O4S/c1-3-18-35-32(39)30(19-23-10-5-4-6-11-23)36(21-25-16-17-26(33)20-28(25)34)31(38)22-37(42(2,40)41)29-15-9-13-24-12-7-8-14-27(24)29/h4-17,20,30H,3,18-19,21-22H2,1-2H3,(H,35,39)/t30-/m0/s1. The number of hydrogen-bond donors (Lipinski definition) is 1. The monoisotopic (exact) mass is 625 g/mol. The van der Waals surface area contributed by atoms with Gasteiger partial charge in [0, 0.05) is 34.9 Å². The number of anilines is 1. The molecule has 2 amide bonds. The molecule has 0 spiro atoms. The Balaban J connectivity index is 1.79. The molecule has 0 aliphatic rings. The van der Waals surface area contributed by atoms with Gasteiger partial charge < -0.3 is 10.2 Å². The Morgan fingerprint density at radius 1 is 0.905 bits per heavy atom. The van der Waals surface area contributed by atoms with Crippen molar-refractivity contribution in [3.05, 3.63) is 112 Å². The lowest BCUT2D eigenvalue weighted by Crippen LogP contribution is -2.53. The van der Waals surface area contributed by atoms with Gasteiger partial charge >= 0.3 is 0 Å². The van der Waals surface area contributed by atoms with Gasteiger partial charge in [-0.15, -0.1) is 0 Å². The number of hydrogen-bond acceptors (Lipinski definition) is 4. The van der Waals surface area contributed by atoms with Crippen LogP contribution in [0.25, 0.3) is 10.8 Å². The minimum atomic E-state index is -3.90. The molecule has 0 aliphatic heterocycles. The highest BCUT2D eigenvalue weighted by Crippen LogP contribution is 2.29. The van der Waals surface area contributed by atoms with Crippen LogP contribution in [0.4, 0.5) is 5.69 Å². The molecule has 0 bridgehead atoms. The maximum absolute atomic E-state index is 14.3. The van der Waals surface area contributed by atoms with E-state index in [2.05, 4.69) is 5.32 Å². The molecule has 4 rings (SSSR count). The van der Waals surface area contributed by atoms with Gasteiger partial charge in [0.05, 0.1) is 11.9 Å². The fourth-order valence-electron chi connectivity index (χ4n) is 4.77. The third-order valence-electron chi connectivity index (χ3n) is 6.89. The van der Waals surface area contributed by atoms with E-state index in [-0.39, 0.29) is 18.9 Å². The maximum atomic E-state index is 14.3. The van der Waals surface area contributed by atoms with Crippen LogP contribution in [0.3, 0.4) is 0 Å². The molecule has 42 heavy (non-hydrogen) atoms. The average molecular weight is 627 g/mol. The van der Waals surface area contributed by atoms with Crippen molar-refractivity contribution in [3.8, 4) is 0 Å². The Morgan fingerprint density at radius 3 is 2.29 bits per heavy atom. The lowest BCUT2D eigenvalue weighted by atomic mass is 10.0. The van der Waals surface area contributed by atoms with Crippen LogP contribution < -0.4 is 9.62 Å². The zero-order chi connectivity index (χ0) is 30.3. The van der Waals surface area contributed by atoms with Crippen LogP contribution >= 0.6 is 23.2 Å². The molecule has 0 unspecified atom stereocenters. The molecule has 0 fully saturated rings. The van der Waals surface area contributed by atoms with E-state index in [0.29, 0.717) is 39.6 Å². The number of carbonyl (C=O) groups is 2. The third-order valence-corrected chi connectivity index (χ3v) is 8.60. The van der Waals surface area contributed by atoms with E-state index in [4.69, 9.17) is 23.2 Å². The number of sulfonamides is 1. The number of nitrogens with zero attached hydrogens (tertiary/aromatic N) is 2. The second-order valence-electron chi connectivity index (χ2n) is 10.0. The minimum Gasteiger partial charge on any atom is -0.354 e. The van der Waals surface area contributed by atoms with Crippen molar-refractivity contribution in [2.75, 3.05) is 23.7 Å². The van der Waals surface area contributed by atoms with Gasteiger partial charge in [-0.3, -0.25) is 13.9 Å². The summed E-state index contributed by atoms with van der Waals surface area (Å²) in [4.78, 5) is 29.3. The van der Waals surface area contributed by atoms with Gasteiger partial charge in [-0.1, -0.05) is 103 Å². The Morgan fingerprint density at radius 2 is 1.60 bits per heavy atom. The second-order valence-corrected chi connectivity index (χ2v) is 12.8. The number of carbonyl (C=O) groups excluding carboxylic acids is 2. The predicted molar refractivity (Wildman–Crippen MR) is 170 cm³/mol. The normalized spacial score (nSPS) is 12.1. The Bertz CT molecular complexity index is 1660. The molecule has 1 N–H and O–H groups in total. The summed E-state index contributed by atoms with van der Waals surface area (Å²) in [6, 6.07) is 26.1. The zero-order valence-corrected chi connectivity index (χ0v) is 25.8. The summed E-state index contributed by atoms with van der Waals surface area (Å²) < 4.78 is 27.4. The summed E-state index contributed by atoms with van der Waals surface area (Å²) in [7, 11) is -3.90. The first-order chi connectivity index (χ1) is 20.1.